The fraction of sp³-hybridized carbons (Fsp3) is 0.320. The molecule has 0 aromatic heterocycles. The first-order valence-electron chi connectivity index (χ1n) is 23.4. The lowest BCUT2D eigenvalue weighted by Crippen LogP contribution is -2.46. The number of anilines is 2. The zero-order chi connectivity index (χ0) is 59.4. The standard InChI is InChI=1S/C44H47ClN6O6S2.3C2HF3O2/c45-36-14-10-33(11-15-36)41-9-5-4-6-35(41)31-49-22-24-50(25-23-49)38-16-12-34(13-17-38)44(52)47-59(55,56)40-18-19-42(43(30-40)51(53)54)46-37(20-21-48-26-28-57-29-27-48)32-58-39-7-2-1-3-8-39;3*3-2(4,5)1(6)7/h1-19,30,37,46H,20-29,31-32H2,(H,47,52);3*(H,6,7)/t37-;;;/m1.../s1. The molecular weight excluding hydrogens is 1150 g/mol. The number of nitrogens with one attached hydrogen (secondary N) is 2. The van der Waals surface area contributed by atoms with Gasteiger partial charge in [-0.3, -0.25) is 24.7 Å². The first-order chi connectivity index (χ1) is 37.4. The van der Waals surface area contributed by atoms with Crippen molar-refractivity contribution in [3.63, 3.8) is 0 Å². The summed E-state index contributed by atoms with van der Waals surface area (Å²) in [6.07, 6.45) is -14.5. The fourth-order valence-corrected chi connectivity index (χ4v) is 9.40. The van der Waals surface area contributed by atoms with Crippen LogP contribution in [-0.4, -0.2) is 152 Å². The molecule has 7 rings (SSSR count). The molecule has 2 saturated heterocycles. The van der Waals surface area contributed by atoms with Crippen LogP contribution in [0.5, 0.6) is 0 Å². The topological polar surface area (TPSA) is 249 Å². The number of rotatable bonds is 16. The van der Waals surface area contributed by atoms with Crippen LogP contribution in [0.15, 0.2) is 131 Å². The maximum absolute atomic E-state index is 13.4. The van der Waals surface area contributed by atoms with Gasteiger partial charge in [0.25, 0.3) is 21.6 Å². The van der Waals surface area contributed by atoms with Crippen LogP contribution in [0, 0.1) is 10.1 Å². The lowest BCUT2D eigenvalue weighted by atomic mass is 9.99. The number of carbonyl (C=O) groups is 4. The average molecular weight is 1200 g/mol. The Bertz CT molecular complexity index is 2910. The Morgan fingerprint density at radius 3 is 1.75 bits per heavy atom. The first kappa shape index (κ1) is 65.3. The predicted octanol–water partition coefficient (Wildman–Crippen LogP) is 9.55. The second-order valence-corrected chi connectivity index (χ2v) is 20.2. The number of morpholine rings is 1. The van der Waals surface area contributed by atoms with E-state index in [9.17, 15) is 62.8 Å². The third kappa shape index (κ3) is 21.8. The number of halogens is 10. The lowest BCUT2D eigenvalue weighted by molar-refractivity contribution is -0.384. The second kappa shape index (κ2) is 29.9. The van der Waals surface area contributed by atoms with Crippen LogP contribution in [0.1, 0.15) is 22.3 Å². The van der Waals surface area contributed by atoms with Crippen molar-refractivity contribution in [2.45, 2.75) is 47.3 Å². The summed E-state index contributed by atoms with van der Waals surface area (Å²) >= 11 is 7.76. The maximum Gasteiger partial charge on any atom is 0.490 e. The number of amides is 1. The number of sulfonamides is 1. The summed E-state index contributed by atoms with van der Waals surface area (Å²) in [6, 6.07) is 36.5. The molecule has 0 radical (unpaired) electrons. The van der Waals surface area contributed by atoms with E-state index in [4.69, 9.17) is 46.0 Å². The van der Waals surface area contributed by atoms with Gasteiger partial charge in [-0.25, -0.2) is 27.5 Å². The number of benzene rings is 5. The number of carbonyl (C=O) groups excluding carboxylic acids is 1. The van der Waals surface area contributed by atoms with Gasteiger partial charge in [-0.05, 0) is 83.8 Å². The van der Waals surface area contributed by atoms with Crippen LogP contribution >= 0.6 is 23.4 Å². The van der Waals surface area contributed by atoms with Crippen molar-refractivity contribution < 1.29 is 92.1 Å². The molecule has 1 atom stereocenters. The number of ether oxygens (including phenoxy) is 1. The first-order valence-corrected chi connectivity index (χ1v) is 26.2. The number of hydrogen-bond donors (Lipinski definition) is 5. The number of aliphatic carboxylic acids is 3. The smallest absolute Gasteiger partial charge is 0.475 e. The summed E-state index contributed by atoms with van der Waals surface area (Å²) in [7, 11) is -4.44. The minimum Gasteiger partial charge on any atom is -0.475 e. The molecule has 80 heavy (non-hydrogen) atoms. The molecule has 1 amide bonds. The van der Waals surface area contributed by atoms with Crippen molar-refractivity contribution in [2.75, 3.05) is 75.0 Å². The molecule has 30 heteroatoms. The SMILES string of the molecule is O=C(NS(=O)(=O)c1ccc(N[C@H](CCN2CCOCC2)CSc2ccccc2)c([N+](=O)[O-])c1)c1ccc(N2CCN(Cc3ccccc3-c3ccc(Cl)cc3)CC2)cc1.O=C(O)C(F)(F)F.O=C(O)C(F)(F)F.O=C(O)C(F)(F)F. The van der Waals surface area contributed by atoms with Gasteiger partial charge in [0, 0.05) is 91.4 Å². The van der Waals surface area contributed by atoms with Crippen LogP contribution in [0.25, 0.3) is 11.1 Å². The van der Waals surface area contributed by atoms with E-state index in [1.807, 2.05) is 72.8 Å². The normalized spacial score (nSPS) is 14.6. The van der Waals surface area contributed by atoms with Gasteiger partial charge in [0.15, 0.2) is 0 Å². The van der Waals surface area contributed by atoms with E-state index in [0.29, 0.717) is 30.4 Å². The molecule has 2 fully saturated rings. The van der Waals surface area contributed by atoms with Crippen molar-refractivity contribution in [1.82, 2.24) is 14.5 Å². The molecule has 5 N–H and O–H groups in total. The predicted molar refractivity (Wildman–Crippen MR) is 276 cm³/mol. The van der Waals surface area contributed by atoms with Gasteiger partial charge in [-0.2, -0.15) is 39.5 Å². The molecule has 5 aromatic rings. The van der Waals surface area contributed by atoms with Gasteiger partial charge in [0.1, 0.15) is 5.69 Å². The largest absolute Gasteiger partial charge is 0.490 e. The Morgan fingerprint density at radius 1 is 0.700 bits per heavy atom. The van der Waals surface area contributed by atoms with Gasteiger partial charge in [0.2, 0.25) is 0 Å². The maximum atomic E-state index is 13.4. The third-order valence-corrected chi connectivity index (χ3v) is 14.1. The Hall–Kier alpha value is -7.18. The van der Waals surface area contributed by atoms with Crippen LogP contribution in [-0.2, 0) is 35.7 Å². The van der Waals surface area contributed by atoms with E-state index in [1.165, 1.54) is 23.3 Å². The van der Waals surface area contributed by atoms with Crippen molar-refractivity contribution in [1.29, 1.82) is 0 Å². The number of hydrogen-bond acceptors (Lipinski definition) is 14. The Kier molecular flexibility index (Phi) is 24.4. The quantitative estimate of drug-likeness (QED) is 0.0267. The Labute approximate surface area is 460 Å². The summed E-state index contributed by atoms with van der Waals surface area (Å²) in [4.78, 5) is 59.3. The molecule has 0 bridgehead atoms. The highest BCUT2D eigenvalue weighted by Crippen LogP contribution is 2.31. The van der Waals surface area contributed by atoms with Crippen LogP contribution in [0.4, 0.5) is 56.6 Å². The molecule has 2 heterocycles. The summed E-state index contributed by atoms with van der Waals surface area (Å²) in [5, 5.41) is 37.7. The van der Waals surface area contributed by atoms with Crippen molar-refractivity contribution in [2.24, 2.45) is 0 Å². The minimum atomic E-state index is -5.08. The monoisotopic (exact) mass is 1200 g/mol. The third-order valence-electron chi connectivity index (χ3n) is 11.3. The van der Waals surface area contributed by atoms with Gasteiger partial charge in [-0.1, -0.05) is 66.2 Å². The summed E-state index contributed by atoms with van der Waals surface area (Å²) in [5.74, 6) is -8.46. The fourth-order valence-electron chi connectivity index (χ4n) is 7.28. The number of thioether (sulfide) groups is 1. The van der Waals surface area contributed by atoms with E-state index in [1.54, 1.807) is 23.9 Å². The van der Waals surface area contributed by atoms with Crippen LogP contribution in [0.3, 0.4) is 0 Å². The molecule has 2 aliphatic rings. The zero-order valence-corrected chi connectivity index (χ0v) is 43.9. The minimum absolute atomic E-state index is 0.154. The molecule has 5 aromatic carbocycles. The van der Waals surface area contributed by atoms with Gasteiger partial charge < -0.3 is 30.3 Å². The Balaban J connectivity index is 0.000000555. The van der Waals surface area contributed by atoms with E-state index in [2.05, 4.69) is 42.9 Å². The summed E-state index contributed by atoms with van der Waals surface area (Å²) in [5.41, 5.74) is 4.45. The average Bonchev–Trinajstić information content (AvgIpc) is 3.41. The van der Waals surface area contributed by atoms with Gasteiger partial charge in [0.05, 0.1) is 23.0 Å². The van der Waals surface area contributed by atoms with E-state index in [-0.39, 0.29) is 22.2 Å². The highest BCUT2D eigenvalue weighted by Gasteiger charge is 2.39. The number of piperazine rings is 1. The second-order valence-electron chi connectivity index (χ2n) is 17.0. The van der Waals surface area contributed by atoms with E-state index in [0.717, 1.165) is 74.6 Å². The Morgan fingerprint density at radius 2 is 1.23 bits per heavy atom. The van der Waals surface area contributed by atoms with Gasteiger partial charge >= 0.3 is 36.4 Å². The molecular formula is C50H50ClF9N6O12S2. The molecule has 434 valence electrons. The van der Waals surface area contributed by atoms with Gasteiger partial charge in [-0.15, -0.1) is 11.8 Å². The molecule has 2 aliphatic heterocycles. The van der Waals surface area contributed by atoms with Crippen molar-refractivity contribution in [3.8, 4) is 11.1 Å². The van der Waals surface area contributed by atoms with Crippen LogP contribution < -0.4 is 14.9 Å². The highest BCUT2D eigenvalue weighted by atomic mass is 35.5. The zero-order valence-electron chi connectivity index (χ0n) is 41.5. The number of nitro groups is 1. The number of alkyl halides is 9. The molecule has 0 spiro atoms. The number of carboxylic acids is 3. The molecule has 18 nitrogen and oxygen atoms in total. The summed E-state index contributed by atoms with van der Waals surface area (Å²) in [6.45, 7) is 7.83. The van der Waals surface area contributed by atoms with Crippen molar-refractivity contribution >= 4 is 74.3 Å². The van der Waals surface area contributed by atoms with Crippen LogP contribution in [0.2, 0.25) is 5.02 Å². The lowest BCUT2D eigenvalue weighted by Gasteiger charge is -2.36. The molecule has 0 unspecified atom stereocenters. The van der Waals surface area contributed by atoms with E-state index < -0.39 is 63.0 Å². The highest BCUT2D eigenvalue weighted by molar-refractivity contribution is 7.99. The number of nitrogens with zero attached hydrogens (tertiary/aromatic N) is 4. The summed E-state index contributed by atoms with van der Waals surface area (Å²) < 4.78 is 130. The number of carboxylic acid groups (broad SMARTS) is 3. The van der Waals surface area contributed by atoms with Crippen molar-refractivity contribution in [3.05, 3.63) is 148 Å². The molecule has 0 aliphatic carbocycles. The molecule has 0 saturated carbocycles. The number of nitro benzene ring substituents is 1. The van der Waals surface area contributed by atoms with E-state index >= 15 is 0 Å².